The summed E-state index contributed by atoms with van der Waals surface area (Å²) in [6, 6.07) is 8.82. The van der Waals surface area contributed by atoms with Crippen LogP contribution < -0.4 is 0 Å². The zero-order valence-corrected chi connectivity index (χ0v) is 14.1. The van der Waals surface area contributed by atoms with Crippen LogP contribution in [0.15, 0.2) is 24.3 Å². The first kappa shape index (κ1) is 14.9. The molecule has 3 aliphatic rings. The highest BCUT2D eigenvalue weighted by atomic mass is 35.5. The normalized spacial score (nSPS) is 32.3. The standard InChI is InChI=1S/C18H25ClN2O/c1-20-12-9-18(10-13-20)21-11-3-2-4-16(21)17(22-18)14-5-7-15(19)8-6-14/h5-8,16-17H,2-4,9-13H2,1H3. The van der Waals surface area contributed by atoms with E-state index in [0.29, 0.717) is 6.04 Å². The van der Waals surface area contributed by atoms with Crippen LogP contribution in [-0.2, 0) is 4.74 Å². The Hall–Kier alpha value is -0.610. The fourth-order valence-electron chi connectivity index (χ4n) is 4.48. The van der Waals surface area contributed by atoms with Gasteiger partial charge in [-0.1, -0.05) is 30.2 Å². The molecular weight excluding hydrogens is 296 g/mol. The lowest BCUT2D eigenvalue weighted by Crippen LogP contribution is -2.55. The second-order valence-electron chi connectivity index (χ2n) is 7.10. The Labute approximate surface area is 138 Å². The number of rotatable bonds is 1. The maximum atomic E-state index is 6.77. The minimum Gasteiger partial charge on any atom is -0.351 e. The molecule has 0 saturated carbocycles. The van der Waals surface area contributed by atoms with E-state index in [1.165, 1.54) is 31.4 Å². The number of hydrogen-bond donors (Lipinski definition) is 0. The van der Waals surface area contributed by atoms with Gasteiger partial charge in [0.25, 0.3) is 0 Å². The fraction of sp³-hybridized carbons (Fsp3) is 0.667. The van der Waals surface area contributed by atoms with Gasteiger partial charge >= 0.3 is 0 Å². The minimum absolute atomic E-state index is 0.0259. The van der Waals surface area contributed by atoms with Gasteiger partial charge in [0.15, 0.2) is 0 Å². The van der Waals surface area contributed by atoms with Crippen molar-refractivity contribution in [3.05, 3.63) is 34.9 Å². The number of fused-ring (bicyclic) bond motifs is 2. The molecule has 3 aliphatic heterocycles. The van der Waals surface area contributed by atoms with Crippen molar-refractivity contribution in [2.24, 2.45) is 0 Å². The molecule has 0 aliphatic carbocycles. The summed E-state index contributed by atoms with van der Waals surface area (Å²) in [4.78, 5) is 5.12. The van der Waals surface area contributed by atoms with E-state index < -0.39 is 0 Å². The molecule has 3 fully saturated rings. The zero-order valence-electron chi connectivity index (χ0n) is 13.3. The molecule has 1 spiro atoms. The predicted octanol–water partition coefficient (Wildman–Crippen LogP) is 3.69. The van der Waals surface area contributed by atoms with Crippen LogP contribution >= 0.6 is 11.6 Å². The quantitative estimate of drug-likeness (QED) is 0.785. The number of likely N-dealkylation sites (tertiary alicyclic amines) is 1. The average molecular weight is 321 g/mol. The molecule has 3 saturated heterocycles. The van der Waals surface area contributed by atoms with Crippen molar-refractivity contribution < 1.29 is 4.74 Å². The second-order valence-corrected chi connectivity index (χ2v) is 7.53. The highest BCUT2D eigenvalue weighted by Gasteiger charge is 2.54. The first-order chi connectivity index (χ1) is 10.7. The van der Waals surface area contributed by atoms with Crippen LogP contribution in [0.4, 0.5) is 0 Å². The Balaban J connectivity index is 1.64. The van der Waals surface area contributed by atoms with Crippen molar-refractivity contribution in [1.29, 1.82) is 0 Å². The summed E-state index contributed by atoms with van der Waals surface area (Å²) in [5, 5.41) is 0.802. The summed E-state index contributed by atoms with van der Waals surface area (Å²) in [7, 11) is 2.21. The summed E-state index contributed by atoms with van der Waals surface area (Å²) in [5.41, 5.74) is 1.26. The third-order valence-corrected chi connectivity index (χ3v) is 5.99. The molecule has 3 heterocycles. The Morgan fingerprint density at radius 2 is 1.82 bits per heavy atom. The van der Waals surface area contributed by atoms with Gasteiger partial charge < -0.3 is 9.64 Å². The molecule has 120 valence electrons. The number of hydrogen-bond acceptors (Lipinski definition) is 3. The van der Waals surface area contributed by atoms with Crippen LogP contribution in [0.1, 0.15) is 43.8 Å². The number of benzene rings is 1. The minimum atomic E-state index is -0.0259. The van der Waals surface area contributed by atoms with Gasteiger partial charge in [0, 0.05) is 43.5 Å². The Bertz CT molecular complexity index is 524. The largest absolute Gasteiger partial charge is 0.351 e. The van der Waals surface area contributed by atoms with E-state index in [0.717, 1.165) is 31.0 Å². The lowest BCUT2D eigenvalue weighted by atomic mass is 9.91. The highest BCUT2D eigenvalue weighted by molar-refractivity contribution is 6.30. The van der Waals surface area contributed by atoms with E-state index in [9.17, 15) is 0 Å². The molecule has 4 heteroatoms. The van der Waals surface area contributed by atoms with Gasteiger partial charge in [-0.2, -0.15) is 0 Å². The molecule has 22 heavy (non-hydrogen) atoms. The van der Waals surface area contributed by atoms with Gasteiger partial charge in [-0.25, -0.2) is 0 Å². The lowest BCUT2D eigenvalue weighted by Gasteiger charge is -2.45. The fourth-order valence-corrected chi connectivity index (χ4v) is 4.60. The molecule has 0 amide bonds. The molecule has 0 radical (unpaired) electrons. The van der Waals surface area contributed by atoms with Crippen molar-refractivity contribution in [3.63, 3.8) is 0 Å². The van der Waals surface area contributed by atoms with E-state index in [4.69, 9.17) is 16.3 Å². The predicted molar refractivity (Wildman–Crippen MR) is 89.1 cm³/mol. The van der Waals surface area contributed by atoms with Crippen molar-refractivity contribution in [2.45, 2.75) is 50.0 Å². The molecule has 0 aromatic heterocycles. The zero-order chi connectivity index (χ0) is 15.2. The van der Waals surface area contributed by atoms with Crippen LogP contribution in [0.3, 0.4) is 0 Å². The number of piperidine rings is 2. The van der Waals surface area contributed by atoms with Gasteiger partial charge in [0.05, 0.1) is 0 Å². The summed E-state index contributed by atoms with van der Waals surface area (Å²) < 4.78 is 6.77. The summed E-state index contributed by atoms with van der Waals surface area (Å²) in [6.45, 7) is 3.46. The summed E-state index contributed by atoms with van der Waals surface area (Å²) in [5.74, 6) is 0. The van der Waals surface area contributed by atoms with Crippen molar-refractivity contribution in [1.82, 2.24) is 9.80 Å². The van der Waals surface area contributed by atoms with E-state index in [2.05, 4.69) is 29.0 Å². The van der Waals surface area contributed by atoms with Crippen LogP contribution in [0.5, 0.6) is 0 Å². The van der Waals surface area contributed by atoms with Crippen LogP contribution in [0, 0.1) is 0 Å². The van der Waals surface area contributed by atoms with Gasteiger partial charge in [-0.05, 0) is 37.6 Å². The number of ether oxygens (including phenoxy) is 1. The maximum absolute atomic E-state index is 6.77. The molecule has 1 aromatic rings. The van der Waals surface area contributed by atoms with Crippen molar-refractivity contribution in [3.8, 4) is 0 Å². The molecule has 4 rings (SSSR count). The van der Waals surface area contributed by atoms with Crippen LogP contribution in [0.2, 0.25) is 5.02 Å². The monoisotopic (exact) mass is 320 g/mol. The third-order valence-electron chi connectivity index (χ3n) is 5.74. The summed E-state index contributed by atoms with van der Waals surface area (Å²) >= 11 is 6.06. The Morgan fingerprint density at radius 3 is 2.55 bits per heavy atom. The van der Waals surface area contributed by atoms with E-state index in [1.54, 1.807) is 0 Å². The molecule has 2 atom stereocenters. The second kappa shape index (κ2) is 5.79. The first-order valence-electron chi connectivity index (χ1n) is 8.57. The third kappa shape index (κ3) is 2.48. The average Bonchev–Trinajstić information content (AvgIpc) is 2.87. The van der Waals surface area contributed by atoms with Gasteiger partial charge in [0.1, 0.15) is 11.8 Å². The summed E-state index contributed by atoms with van der Waals surface area (Å²) in [6.07, 6.45) is 6.36. The Morgan fingerprint density at radius 1 is 1.09 bits per heavy atom. The van der Waals surface area contributed by atoms with Gasteiger partial charge in [-0.15, -0.1) is 0 Å². The van der Waals surface area contributed by atoms with E-state index >= 15 is 0 Å². The first-order valence-corrected chi connectivity index (χ1v) is 8.94. The number of halogens is 1. The maximum Gasteiger partial charge on any atom is 0.125 e. The Kier molecular flexibility index (Phi) is 3.93. The molecule has 0 bridgehead atoms. The molecule has 0 N–H and O–H groups in total. The SMILES string of the molecule is CN1CCC2(CC1)OC(c1ccc(Cl)cc1)C1CCCCN12. The molecule has 1 aromatic carbocycles. The molecule has 2 unspecified atom stereocenters. The van der Waals surface area contributed by atoms with E-state index in [-0.39, 0.29) is 11.8 Å². The van der Waals surface area contributed by atoms with Gasteiger partial charge in [0.2, 0.25) is 0 Å². The lowest BCUT2D eigenvalue weighted by molar-refractivity contribution is -0.138. The highest BCUT2D eigenvalue weighted by Crippen LogP contribution is 2.49. The topological polar surface area (TPSA) is 15.7 Å². The van der Waals surface area contributed by atoms with Gasteiger partial charge in [-0.3, -0.25) is 4.90 Å². The van der Waals surface area contributed by atoms with E-state index in [1.807, 2.05) is 12.1 Å². The van der Waals surface area contributed by atoms with Crippen molar-refractivity contribution >= 4 is 11.6 Å². The van der Waals surface area contributed by atoms with Crippen LogP contribution in [-0.4, -0.2) is 48.2 Å². The molecule has 3 nitrogen and oxygen atoms in total. The smallest absolute Gasteiger partial charge is 0.125 e. The van der Waals surface area contributed by atoms with Crippen LogP contribution in [0.25, 0.3) is 0 Å². The number of nitrogens with zero attached hydrogens (tertiary/aromatic N) is 2. The molecular formula is C18H25ClN2O. The van der Waals surface area contributed by atoms with Crippen molar-refractivity contribution in [2.75, 3.05) is 26.7 Å².